The SMILES string of the molecule is COc1ccc(Cn2cnc([N+](=O)[O-])c2)cc1Br. The van der Waals surface area contributed by atoms with E-state index in [2.05, 4.69) is 20.9 Å². The molecule has 6 nitrogen and oxygen atoms in total. The van der Waals surface area contributed by atoms with Crippen LogP contribution in [-0.4, -0.2) is 21.6 Å². The van der Waals surface area contributed by atoms with Gasteiger partial charge in [0.15, 0.2) is 0 Å². The molecular formula is C11H10BrN3O3. The second-order valence-electron chi connectivity index (χ2n) is 3.63. The van der Waals surface area contributed by atoms with Gasteiger partial charge in [0.1, 0.15) is 11.9 Å². The van der Waals surface area contributed by atoms with Gasteiger partial charge in [-0.25, -0.2) is 0 Å². The topological polar surface area (TPSA) is 70.2 Å². The van der Waals surface area contributed by atoms with Gasteiger partial charge >= 0.3 is 5.82 Å². The Balaban J connectivity index is 2.18. The van der Waals surface area contributed by atoms with Crippen molar-refractivity contribution in [2.45, 2.75) is 6.54 Å². The molecule has 0 spiro atoms. The second kappa shape index (κ2) is 5.18. The van der Waals surface area contributed by atoms with Gasteiger partial charge in [0.25, 0.3) is 0 Å². The van der Waals surface area contributed by atoms with Gasteiger partial charge in [-0.15, -0.1) is 0 Å². The minimum atomic E-state index is -0.513. The zero-order valence-corrected chi connectivity index (χ0v) is 11.1. The highest BCUT2D eigenvalue weighted by molar-refractivity contribution is 9.10. The van der Waals surface area contributed by atoms with Crippen LogP contribution in [-0.2, 0) is 6.54 Å². The fraction of sp³-hybridized carbons (Fsp3) is 0.182. The lowest BCUT2D eigenvalue weighted by Crippen LogP contribution is -1.97. The van der Waals surface area contributed by atoms with Gasteiger partial charge in [0.05, 0.1) is 18.1 Å². The lowest BCUT2D eigenvalue weighted by Gasteiger charge is -2.06. The first-order valence-corrected chi connectivity index (χ1v) is 5.88. The highest BCUT2D eigenvalue weighted by Crippen LogP contribution is 2.25. The number of halogens is 1. The van der Waals surface area contributed by atoms with E-state index in [0.717, 1.165) is 15.8 Å². The second-order valence-corrected chi connectivity index (χ2v) is 4.48. The van der Waals surface area contributed by atoms with Gasteiger partial charge in [-0.2, -0.15) is 0 Å². The number of ether oxygens (including phenoxy) is 1. The number of rotatable bonds is 4. The fourth-order valence-corrected chi connectivity index (χ4v) is 2.14. The molecule has 0 bridgehead atoms. The van der Waals surface area contributed by atoms with Crippen molar-refractivity contribution in [1.29, 1.82) is 0 Å². The molecule has 0 amide bonds. The molecular weight excluding hydrogens is 302 g/mol. The van der Waals surface area contributed by atoms with Gasteiger partial charge in [-0.1, -0.05) is 6.07 Å². The number of imidazole rings is 1. The number of hydrogen-bond donors (Lipinski definition) is 0. The highest BCUT2D eigenvalue weighted by Gasteiger charge is 2.10. The summed E-state index contributed by atoms with van der Waals surface area (Å²) in [5.41, 5.74) is 0.995. The standard InChI is InChI=1S/C11H10BrN3O3/c1-18-10-3-2-8(4-9(10)12)5-14-6-11(13-7-14)15(16)17/h2-4,6-7H,5H2,1H3. The quantitative estimate of drug-likeness (QED) is 0.643. The van der Waals surface area contributed by atoms with Crippen molar-refractivity contribution < 1.29 is 9.66 Å². The van der Waals surface area contributed by atoms with Gasteiger partial charge in [-0.05, 0) is 43.5 Å². The van der Waals surface area contributed by atoms with E-state index in [1.54, 1.807) is 11.7 Å². The molecule has 94 valence electrons. The molecule has 1 aromatic heterocycles. The molecule has 0 aliphatic rings. The summed E-state index contributed by atoms with van der Waals surface area (Å²) in [4.78, 5) is 13.7. The maximum atomic E-state index is 10.5. The number of aromatic nitrogens is 2. The summed E-state index contributed by atoms with van der Waals surface area (Å²) in [7, 11) is 1.60. The van der Waals surface area contributed by atoms with Crippen molar-refractivity contribution >= 4 is 21.7 Å². The summed E-state index contributed by atoms with van der Waals surface area (Å²) in [6.45, 7) is 0.517. The van der Waals surface area contributed by atoms with Crippen molar-refractivity contribution in [3.05, 3.63) is 50.9 Å². The molecule has 7 heteroatoms. The Morgan fingerprint density at radius 2 is 2.33 bits per heavy atom. The predicted octanol–water partition coefficient (Wildman–Crippen LogP) is 2.61. The van der Waals surface area contributed by atoms with Crippen LogP contribution in [0.2, 0.25) is 0 Å². The van der Waals surface area contributed by atoms with E-state index in [0.29, 0.717) is 6.54 Å². The summed E-state index contributed by atoms with van der Waals surface area (Å²) in [6, 6.07) is 5.64. The first kappa shape index (κ1) is 12.6. The van der Waals surface area contributed by atoms with E-state index in [1.165, 1.54) is 12.5 Å². The number of methoxy groups -OCH3 is 1. The third-order valence-electron chi connectivity index (χ3n) is 2.39. The Bertz CT molecular complexity index is 583. The van der Waals surface area contributed by atoms with Crippen LogP contribution in [0.1, 0.15) is 5.56 Å². The number of hydrogen-bond acceptors (Lipinski definition) is 4. The van der Waals surface area contributed by atoms with Crippen molar-refractivity contribution in [1.82, 2.24) is 9.55 Å². The lowest BCUT2D eigenvalue weighted by molar-refractivity contribution is -0.389. The van der Waals surface area contributed by atoms with Crippen LogP contribution in [0.25, 0.3) is 0 Å². The zero-order valence-electron chi connectivity index (χ0n) is 9.54. The summed E-state index contributed by atoms with van der Waals surface area (Å²) in [5, 5.41) is 10.5. The van der Waals surface area contributed by atoms with E-state index >= 15 is 0 Å². The Kier molecular flexibility index (Phi) is 3.61. The van der Waals surface area contributed by atoms with Crippen LogP contribution in [0.3, 0.4) is 0 Å². The Hall–Kier alpha value is -1.89. The van der Waals surface area contributed by atoms with Crippen LogP contribution in [0, 0.1) is 10.1 Å². The Morgan fingerprint density at radius 1 is 1.56 bits per heavy atom. The molecule has 1 heterocycles. The molecule has 0 unspecified atom stereocenters. The van der Waals surface area contributed by atoms with Gasteiger partial charge in [-0.3, -0.25) is 0 Å². The highest BCUT2D eigenvalue weighted by atomic mass is 79.9. The first-order chi connectivity index (χ1) is 8.60. The molecule has 0 aliphatic carbocycles. The molecule has 0 aliphatic heterocycles. The van der Waals surface area contributed by atoms with E-state index in [4.69, 9.17) is 4.74 Å². The third-order valence-corrected chi connectivity index (χ3v) is 3.01. The summed E-state index contributed by atoms with van der Waals surface area (Å²) in [5.74, 6) is 0.595. The van der Waals surface area contributed by atoms with Crippen LogP contribution < -0.4 is 4.74 Å². The van der Waals surface area contributed by atoms with Crippen molar-refractivity contribution in [3.63, 3.8) is 0 Å². The minimum absolute atomic E-state index is 0.150. The zero-order chi connectivity index (χ0) is 13.1. The van der Waals surface area contributed by atoms with Gasteiger partial charge in [0, 0.05) is 0 Å². The number of nitro groups is 1. The van der Waals surface area contributed by atoms with Gasteiger partial charge in [0.2, 0.25) is 6.33 Å². The summed E-state index contributed by atoms with van der Waals surface area (Å²) >= 11 is 3.39. The van der Waals surface area contributed by atoms with E-state index in [9.17, 15) is 10.1 Å². The third kappa shape index (κ3) is 2.67. The molecule has 1 aromatic carbocycles. The van der Waals surface area contributed by atoms with Crippen LogP contribution in [0.15, 0.2) is 35.2 Å². The molecule has 0 radical (unpaired) electrons. The maximum absolute atomic E-state index is 10.5. The minimum Gasteiger partial charge on any atom is -0.496 e. The van der Waals surface area contributed by atoms with Crippen molar-refractivity contribution in [2.24, 2.45) is 0 Å². The molecule has 2 rings (SSSR count). The maximum Gasteiger partial charge on any atom is 0.381 e. The average Bonchev–Trinajstić information content (AvgIpc) is 2.78. The van der Waals surface area contributed by atoms with E-state index in [1.807, 2.05) is 18.2 Å². The predicted molar refractivity (Wildman–Crippen MR) is 68.7 cm³/mol. The van der Waals surface area contributed by atoms with E-state index in [-0.39, 0.29) is 5.82 Å². The fourth-order valence-electron chi connectivity index (χ4n) is 1.55. The average molecular weight is 312 g/mol. The smallest absolute Gasteiger partial charge is 0.381 e. The first-order valence-electron chi connectivity index (χ1n) is 5.08. The monoisotopic (exact) mass is 311 g/mol. The summed E-state index contributed by atoms with van der Waals surface area (Å²) < 4.78 is 7.63. The molecule has 2 aromatic rings. The van der Waals surface area contributed by atoms with E-state index < -0.39 is 4.92 Å². The molecule has 0 N–H and O–H groups in total. The molecule has 0 fully saturated rings. The largest absolute Gasteiger partial charge is 0.496 e. The van der Waals surface area contributed by atoms with Crippen LogP contribution in [0.4, 0.5) is 5.82 Å². The summed E-state index contributed by atoms with van der Waals surface area (Å²) in [6.07, 6.45) is 2.84. The normalized spacial score (nSPS) is 10.3. The number of nitrogens with zero attached hydrogens (tertiary/aromatic N) is 3. The molecule has 0 saturated carbocycles. The molecule has 18 heavy (non-hydrogen) atoms. The molecule has 0 saturated heterocycles. The Labute approximate surface area is 111 Å². The van der Waals surface area contributed by atoms with Crippen LogP contribution >= 0.6 is 15.9 Å². The van der Waals surface area contributed by atoms with Crippen molar-refractivity contribution in [2.75, 3.05) is 7.11 Å². The van der Waals surface area contributed by atoms with Gasteiger partial charge < -0.3 is 19.4 Å². The lowest BCUT2D eigenvalue weighted by atomic mass is 10.2. The Morgan fingerprint density at radius 3 is 2.89 bits per heavy atom. The number of benzene rings is 1. The van der Waals surface area contributed by atoms with Crippen molar-refractivity contribution in [3.8, 4) is 5.75 Å². The van der Waals surface area contributed by atoms with Crippen LogP contribution in [0.5, 0.6) is 5.75 Å². The molecule has 0 atom stereocenters.